The van der Waals surface area contributed by atoms with Crippen LogP contribution < -0.4 is 14.4 Å². The Hall–Kier alpha value is -2.29. The normalized spacial score (nSPS) is 17.4. The number of hydrogen-bond donors (Lipinski definition) is 1. The van der Waals surface area contributed by atoms with Crippen LogP contribution in [0.4, 0.5) is 5.69 Å². The summed E-state index contributed by atoms with van der Waals surface area (Å²) in [6, 6.07) is 12.0. The third kappa shape index (κ3) is 4.81. The smallest absolute Gasteiger partial charge is 0.264 e. The van der Waals surface area contributed by atoms with Crippen LogP contribution in [0, 0.1) is 0 Å². The molecule has 2 aliphatic rings. The number of fused-ring (bicyclic) bond motifs is 1. The van der Waals surface area contributed by atoms with E-state index in [1.165, 1.54) is 22.5 Å². The van der Waals surface area contributed by atoms with Gasteiger partial charge >= 0.3 is 0 Å². The zero-order chi connectivity index (χ0) is 22.0. The molecule has 0 spiro atoms. The van der Waals surface area contributed by atoms with Crippen LogP contribution in [0.15, 0.2) is 47.4 Å². The molecule has 2 aliphatic heterocycles. The number of halogens is 1. The van der Waals surface area contributed by atoms with Crippen molar-refractivity contribution in [1.82, 2.24) is 10.2 Å². The van der Waals surface area contributed by atoms with Crippen molar-refractivity contribution in [2.45, 2.75) is 30.2 Å². The molecule has 2 aromatic carbocycles. The number of benzene rings is 2. The fourth-order valence-corrected chi connectivity index (χ4v) is 5.84. The van der Waals surface area contributed by atoms with Gasteiger partial charge in [-0.3, -0.25) is 9.10 Å². The minimum absolute atomic E-state index is 0.0948. The summed E-state index contributed by atoms with van der Waals surface area (Å²) in [5.41, 5.74) is 1.71. The maximum Gasteiger partial charge on any atom is 0.264 e. The van der Waals surface area contributed by atoms with Gasteiger partial charge in [-0.2, -0.15) is 0 Å². The van der Waals surface area contributed by atoms with Crippen LogP contribution >= 0.6 is 11.6 Å². The van der Waals surface area contributed by atoms with Gasteiger partial charge in [-0.25, -0.2) is 8.42 Å². The first kappa shape index (κ1) is 21.9. The van der Waals surface area contributed by atoms with Crippen LogP contribution in [-0.2, 0) is 21.2 Å². The Morgan fingerprint density at radius 2 is 1.90 bits per heavy atom. The fraction of sp³-hybridized carbons (Fsp3) is 0.409. The molecule has 9 heteroatoms. The summed E-state index contributed by atoms with van der Waals surface area (Å²) in [5.74, 6) is 0.0666. The lowest BCUT2D eigenvalue weighted by Gasteiger charge is -2.29. The van der Waals surface area contributed by atoms with E-state index < -0.39 is 10.0 Å². The molecule has 0 radical (unpaired) electrons. The molecule has 166 valence electrons. The molecular weight excluding hydrogens is 438 g/mol. The number of piperidine rings is 1. The van der Waals surface area contributed by atoms with Gasteiger partial charge in [0, 0.05) is 12.6 Å². The van der Waals surface area contributed by atoms with E-state index in [1.807, 2.05) is 24.3 Å². The number of rotatable bonds is 6. The first-order chi connectivity index (χ1) is 14.8. The Balaban J connectivity index is 1.40. The average Bonchev–Trinajstić information content (AvgIpc) is 3.19. The molecule has 0 bridgehead atoms. The van der Waals surface area contributed by atoms with Crippen molar-refractivity contribution in [3.8, 4) is 5.75 Å². The summed E-state index contributed by atoms with van der Waals surface area (Å²) in [5, 5.41) is 3.13. The highest BCUT2D eigenvalue weighted by molar-refractivity contribution is 7.92. The highest BCUT2D eigenvalue weighted by Crippen LogP contribution is 2.35. The number of para-hydroxylation sites is 1. The van der Waals surface area contributed by atoms with Gasteiger partial charge in [-0.1, -0.05) is 29.8 Å². The maximum absolute atomic E-state index is 13.1. The molecule has 1 saturated heterocycles. The quantitative estimate of drug-likeness (QED) is 0.712. The summed E-state index contributed by atoms with van der Waals surface area (Å²) < 4.78 is 33.2. The lowest BCUT2D eigenvalue weighted by atomic mass is 10.1. The third-order valence-corrected chi connectivity index (χ3v) is 7.88. The van der Waals surface area contributed by atoms with E-state index in [9.17, 15) is 13.2 Å². The van der Waals surface area contributed by atoms with Gasteiger partial charge in [0.15, 0.2) is 6.61 Å². The number of nitrogens with one attached hydrogen (secondary N) is 1. The summed E-state index contributed by atoms with van der Waals surface area (Å²) in [6.45, 7) is 2.14. The van der Waals surface area contributed by atoms with Crippen LogP contribution in [0.5, 0.6) is 5.75 Å². The lowest BCUT2D eigenvalue weighted by molar-refractivity contribution is -0.124. The van der Waals surface area contributed by atoms with E-state index in [0.717, 1.165) is 31.5 Å². The monoisotopic (exact) mass is 463 g/mol. The topological polar surface area (TPSA) is 79.0 Å². The molecule has 2 heterocycles. The van der Waals surface area contributed by atoms with E-state index in [0.29, 0.717) is 18.7 Å². The third-order valence-electron chi connectivity index (χ3n) is 5.78. The van der Waals surface area contributed by atoms with Gasteiger partial charge in [0.05, 0.1) is 15.6 Å². The Bertz CT molecular complexity index is 1070. The molecule has 1 N–H and O–H groups in total. The van der Waals surface area contributed by atoms with Crippen molar-refractivity contribution in [2.24, 2.45) is 0 Å². The van der Waals surface area contributed by atoms with Gasteiger partial charge in [0.1, 0.15) is 5.75 Å². The fourth-order valence-electron chi connectivity index (χ4n) is 4.01. The molecular formula is C22H26ClN3O4S. The Morgan fingerprint density at radius 3 is 2.65 bits per heavy atom. The van der Waals surface area contributed by atoms with Crippen molar-refractivity contribution in [3.63, 3.8) is 0 Å². The van der Waals surface area contributed by atoms with E-state index >= 15 is 0 Å². The molecule has 4 rings (SSSR count). The molecule has 31 heavy (non-hydrogen) atoms. The largest absolute Gasteiger partial charge is 0.482 e. The van der Waals surface area contributed by atoms with Gasteiger partial charge in [0.25, 0.3) is 15.9 Å². The van der Waals surface area contributed by atoms with E-state index in [4.69, 9.17) is 16.3 Å². The van der Waals surface area contributed by atoms with Gasteiger partial charge in [0.2, 0.25) is 0 Å². The van der Waals surface area contributed by atoms with Gasteiger partial charge in [-0.05, 0) is 69.2 Å². The second kappa shape index (κ2) is 9.06. The average molecular weight is 464 g/mol. The predicted octanol–water partition coefficient (Wildman–Crippen LogP) is 2.68. The molecule has 0 aliphatic carbocycles. The Kier molecular flexibility index (Phi) is 6.41. The number of sulfonamides is 1. The van der Waals surface area contributed by atoms with E-state index in [1.54, 1.807) is 0 Å². The van der Waals surface area contributed by atoms with Crippen molar-refractivity contribution < 1.29 is 17.9 Å². The molecule has 7 nitrogen and oxygen atoms in total. The van der Waals surface area contributed by atoms with Gasteiger partial charge < -0.3 is 15.0 Å². The molecule has 1 amide bonds. The number of likely N-dealkylation sites (tertiary alicyclic amines) is 1. The number of anilines is 1. The molecule has 1 fully saturated rings. The summed E-state index contributed by atoms with van der Waals surface area (Å²) in [7, 11) is -1.67. The number of nitrogens with zero attached hydrogens (tertiary/aromatic N) is 2. The van der Waals surface area contributed by atoms with Crippen molar-refractivity contribution in [3.05, 3.63) is 53.1 Å². The Labute approximate surface area is 188 Å². The molecule has 2 aromatic rings. The van der Waals surface area contributed by atoms with Gasteiger partial charge in [-0.15, -0.1) is 0 Å². The summed E-state index contributed by atoms with van der Waals surface area (Å²) in [4.78, 5) is 14.5. The van der Waals surface area contributed by atoms with E-state index in [2.05, 4.69) is 17.3 Å². The first-order valence-electron chi connectivity index (χ1n) is 10.4. The van der Waals surface area contributed by atoms with E-state index in [-0.39, 0.29) is 34.2 Å². The van der Waals surface area contributed by atoms with Crippen molar-refractivity contribution >= 4 is 33.2 Å². The van der Waals surface area contributed by atoms with Crippen molar-refractivity contribution in [1.29, 1.82) is 0 Å². The standard InChI is InChI=1S/C22H26ClN3O4S/c1-25-11-9-17(10-12-25)24-22(27)15-30-21-7-6-18(14-19(21)23)31(28,29)26-13-8-16-4-2-3-5-20(16)26/h2-7,14,17H,8-13,15H2,1H3,(H,24,27). The first-order valence-corrected chi connectivity index (χ1v) is 12.2. The van der Waals surface area contributed by atoms with Crippen LogP contribution in [0.1, 0.15) is 18.4 Å². The SMILES string of the molecule is CN1CCC(NC(=O)COc2ccc(S(=O)(=O)N3CCc4ccccc43)cc2Cl)CC1. The number of ether oxygens (including phenoxy) is 1. The summed E-state index contributed by atoms with van der Waals surface area (Å²) >= 11 is 6.29. The molecule has 0 saturated carbocycles. The van der Waals surface area contributed by atoms with Crippen LogP contribution in [0.25, 0.3) is 0 Å². The second-order valence-corrected chi connectivity index (χ2v) is 10.3. The number of hydrogen-bond acceptors (Lipinski definition) is 5. The highest BCUT2D eigenvalue weighted by atomic mass is 35.5. The number of carbonyl (C=O) groups is 1. The second-order valence-electron chi connectivity index (χ2n) is 7.98. The molecule has 0 atom stereocenters. The maximum atomic E-state index is 13.1. The van der Waals surface area contributed by atoms with Crippen LogP contribution in [-0.4, -0.2) is 58.6 Å². The number of amides is 1. The zero-order valence-electron chi connectivity index (χ0n) is 17.4. The summed E-state index contributed by atoms with van der Waals surface area (Å²) in [6.07, 6.45) is 2.50. The molecule has 0 unspecified atom stereocenters. The predicted molar refractivity (Wildman–Crippen MR) is 120 cm³/mol. The highest BCUT2D eigenvalue weighted by Gasteiger charge is 2.31. The minimum atomic E-state index is -3.74. The minimum Gasteiger partial charge on any atom is -0.482 e. The van der Waals surface area contributed by atoms with Crippen LogP contribution in [0.3, 0.4) is 0 Å². The van der Waals surface area contributed by atoms with Crippen LogP contribution in [0.2, 0.25) is 5.02 Å². The lowest BCUT2D eigenvalue weighted by Crippen LogP contribution is -2.44. The number of carbonyl (C=O) groups excluding carboxylic acids is 1. The van der Waals surface area contributed by atoms with Crippen molar-refractivity contribution in [2.75, 3.05) is 37.6 Å². The molecule has 0 aromatic heterocycles. The Morgan fingerprint density at radius 1 is 1.16 bits per heavy atom. The zero-order valence-corrected chi connectivity index (χ0v) is 19.0.